The van der Waals surface area contributed by atoms with Crippen LogP contribution in [0.25, 0.3) is 11.8 Å². The minimum atomic E-state index is -0.609. The second-order valence-electron chi connectivity index (χ2n) is 9.35. The number of rotatable bonds is 5. The van der Waals surface area contributed by atoms with Crippen LogP contribution in [-0.2, 0) is 9.53 Å². The standard InChI is InChI=1S/C30H28BrN3O3S/c1-6-37-29(36)26-19(4)32-30-34(27(26)21-12-10-17(2)11-13-21)28(35)25(38-30)15-22-14-18(3)33(20(22)5)24-9-7-8-23(31)16-24/h7-16,27H,6H2,1-5H3/b25-15-/t27-/m1/s1. The Balaban J connectivity index is 1.69. The lowest BCUT2D eigenvalue weighted by molar-refractivity contribution is -0.139. The van der Waals surface area contributed by atoms with Gasteiger partial charge in [-0.25, -0.2) is 9.79 Å². The SMILES string of the molecule is CCOC(=O)C1=C(C)N=c2s/c(=C\c3cc(C)n(-c4cccc(Br)c4)c3C)c(=O)n2[C@@H]1c1ccc(C)cc1. The first kappa shape index (κ1) is 26.1. The van der Waals surface area contributed by atoms with E-state index >= 15 is 0 Å². The predicted molar refractivity (Wildman–Crippen MR) is 155 cm³/mol. The van der Waals surface area contributed by atoms with Gasteiger partial charge in [0.25, 0.3) is 5.56 Å². The van der Waals surface area contributed by atoms with Gasteiger partial charge in [-0.2, -0.15) is 0 Å². The number of hydrogen-bond donors (Lipinski definition) is 0. The van der Waals surface area contributed by atoms with Crippen LogP contribution >= 0.6 is 27.3 Å². The molecule has 1 aliphatic heterocycles. The zero-order valence-electron chi connectivity index (χ0n) is 21.9. The molecule has 5 rings (SSSR count). The fourth-order valence-corrected chi connectivity index (χ4v) is 6.37. The number of ether oxygens (including phenoxy) is 1. The summed E-state index contributed by atoms with van der Waals surface area (Å²) in [6.45, 7) is 9.93. The number of aromatic nitrogens is 2. The Kier molecular flexibility index (Phi) is 7.11. The molecule has 4 aromatic rings. The van der Waals surface area contributed by atoms with E-state index in [2.05, 4.69) is 57.5 Å². The monoisotopic (exact) mass is 589 g/mol. The molecule has 38 heavy (non-hydrogen) atoms. The van der Waals surface area contributed by atoms with Crippen molar-refractivity contribution in [1.29, 1.82) is 0 Å². The molecule has 0 radical (unpaired) electrons. The first-order valence-corrected chi connectivity index (χ1v) is 14.0. The number of allylic oxidation sites excluding steroid dienone is 1. The van der Waals surface area contributed by atoms with Crippen molar-refractivity contribution < 1.29 is 9.53 Å². The van der Waals surface area contributed by atoms with Gasteiger partial charge in [-0.05, 0) is 76.1 Å². The van der Waals surface area contributed by atoms with E-state index in [0.717, 1.165) is 38.2 Å². The van der Waals surface area contributed by atoms with E-state index in [1.807, 2.05) is 49.4 Å². The van der Waals surface area contributed by atoms with Gasteiger partial charge in [-0.15, -0.1) is 0 Å². The van der Waals surface area contributed by atoms with Crippen LogP contribution in [0.2, 0.25) is 0 Å². The quantitative estimate of drug-likeness (QED) is 0.298. The Morgan fingerprint density at radius 1 is 1.11 bits per heavy atom. The van der Waals surface area contributed by atoms with E-state index in [4.69, 9.17) is 4.74 Å². The largest absolute Gasteiger partial charge is 0.463 e. The van der Waals surface area contributed by atoms with E-state index < -0.39 is 12.0 Å². The highest BCUT2D eigenvalue weighted by atomic mass is 79.9. The third-order valence-corrected chi connectivity index (χ3v) is 8.21. The lowest BCUT2D eigenvalue weighted by atomic mass is 9.95. The number of benzene rings is 2. The molecule has 0 spiro atoms. The molecular weight excluding hydrogens is 562 g/mol. The molecule has 6 nitrogen and oxygen atoms in total. The number of hydrogen-bond acceptors (Lipinski definition) is 5. The number of halogens is 1. The van der Waals surface area contributed by atoms with Gasteiger partial charge in [0.2, 0.25) is 0 Å². The smallest absolute Gasteiger partial charge is 0.338 e. The predicted octanol–water partition coefficient (Wildman–Crippen LogP) is 5.28. The summed E-state index contributed by atoms with van der Waals surface area (Å²) in [5.41, 5.74) is 6.82. The highest BCUT2D eigenvalue weighted by Crippen LogP contribution is 2.31. The van der Waals surface area contributed by atoms with Crippen molar-refractivity contribution in [3.63, 3.8) is 0 Å². The van der Waals surface area contributed by atoms with Gasteiger partial charge in [0.15, 0.2) is 4.80 Å². The second-order valence-corrected chi connectivity index (χ2v) is 11.3. The average Bonchev–Trinajstić information content (AvgIpc) is 3.33. The van der Waals surface area contributed by atoms with Crippen molar-refractivity contribution in [2.75, 3.05) is 6.61 Å². The van der Waals surface area contributed by atoms with E-state index in [9.17, 15) is 9.59 Å². The average molecular weight is 591 g/mol. The maximum Gasteiger partial charge on any atom is 0.338 e. The van der Waals surface area contributed by atoms with Crippen molar-refractivity contribution >= 4 is 39.3 Å². The molecule has 1 atom stereocenters. The summed E-state index contributed by atoms with van der Waals surface area (Å²) < 4.78 is 10.8. The summed E-state index contributed by atoms with van der Waals surface area (Å²) in [6, 6.07) is 17.5. The Bertz CT molecular complexity index is 1770. The van der Waals surface area contributed by atoms with Crippen LogP contribution in [0, 0.1) is 20.8 Å². The van der Waals surface area contributed by atoms with Crippen molar-refractivity contribution in [2.45, 2.75) is 40.7 Å². The molecule has 0 saturated carbocycles. The minimum Gasteiger partial charge on any atom is -0.463 e. The molecule has 0 N–H and O–H groups in total. The molecule has 2 aromatic heterocycles. The second kappa shape index (κ2) is 10.3. The Hall–Kier alpha value is -3.49. The van der Waals surface area contributed by atoms with E-state index in [1.54, 1.807) is 18.4 Å². The number of carbonyl (C=O) groups excluding carboxylic acids is 1. The fourth-order valence-electron chi connectivity index (χ4n) is 4.94. The molecule has 0 saturated heterocycles. The van der Waals surface area contributed by atoms with Crippen molar-refractivity contribution in [3.05, 3.63) is 118 Å². The third-order valence-electron chi connectivity index (χ3n) is 6.73. The van der Waals surface area contributed by atoms with Gasteiger partial charge in [0, 0.05) is 21.5 Å². The summed E-state index contributed by atoms with van der Waals surface area (Å²) in [6.07, 6.45) is 1.93. The van der Waals surface area contributed by atoms with Gasteiger partial charge in [0.05, 0.1) is 28.5 Å². The van der Waals surface area contributed by atoms with Gasteiger partial charge in [-0.3, -0.25) is 9.36 Å². The van der Waals surface area contributed by atoms with Crippen LogP contribution in [0.5, 0.6) is 0 Å². The maximum atomic E-state index is 13.9. The zero-order valence-corrected chi connectivity index (χ0v) is 24.3. The summed E-state index contributed by atoms with van der Waals surface area (Å²) in [7, 11) is 0. The van der Waals surface area contributed by atoms with Crippen LogP contribution < -0.4 is 14.9 Å². The van der Waals surface area contributed by atoms with E-state index in [0.29, 0.717) is 20.6 Å². The van der Waals surface area contributed by atoms with Crippen molar-refractivity contribution in [3.8, 4) is 5.69 Å². The first-order valence-electron chi connectivity index (χ1n) is 12.4. The number of thiazole rings is 1. The highest BCUT2D eigenvalue weighted by molar-refractivity contribution is 9.10. The Morgan fingerprint density at radius 3 is 2.53 bits per heavy atom. The molecule has 0 fully saturated rings. The molecule has 3 heterocycles. The fraction of sp³-hybridized carbons (Fsp3) is 0.233. The molecule has 0 amide bonds. The molecular formula is C30H28BrN3O3S. The highest BCUT2D eigenvalue weighted by Gasteiger charge is 2.33. The number of nitrogens with zero attached hydrogens (tertiary/aromatic N) is 3. The zero-order chi connectivity index (χ0) is 27.1. The number of fused-ring (bicyclic) bond motifs is 1. The minimum absolute atomic E-state index is 0.180. The third kappa shape index (κ3) is 4.63. The lowest BCUT2D eigenvalue weighted by Crippen LogP contribution is -2.39. The van der Waals surface area contributed by atoms with Crippen LogP contribution in [0.3, 0.4) is 0 Å². The molecule has 0 bridgehead atoms. The summed E-state index contributed by atoms with van der Waals surface area (Å²) in [4.78, 5) is 32.2. The Labute approximate surface area is 233 Å². The normalized spacial score (nSPS) is 15.4. The van der Waals surface area contributed by atoms with Crippen LogP contribution in [0.4, 0.5) is 0 Å². The number of aryl methyl sites for hydroxylation is 2. The van der Waals surface area contributed by atoms with Crippen molar-refractivity contribution in [2.24, 2.45) is 4.99 Å². The number of carbonyl (C=O) groups is 1. The van der Waals surface area contributed by atoms with Crippen LogP contribution in [-0.4, -0.2) is 21.7 Å². The first-order chi connectivity index (χ1) is 18.2. The van der Waals surface area contributed by atoms with Crippen LogP contribution in [0.15, 0.2) is 80.1 Å². The summed E-state index contributed by atoms with van der Waals surface area (Å²) in [5.74, 6) is -0.453. The van der Waals surface area contributed by atoms with Crippen LogP contribution in [0.1, 0.15) is 48.0 Å². The molecule has 2 aromatic carbocycles. The van der Waals surface area contributed by atoms with Gasteiger partial charge in [-0.1, -0.05) is 63.2 Å². The molecule has 0 aliphatic carbocycles. The maximum absolute atomic E-state index is 13.9. The van der Waals surface area contributed by atoms with E-state index in [1.165, 1.54) is 11.3 Å². The molecule has 8 heteroatoms. The topological polar surface area (TPSA) is 65.6 Å². The molecule has 0 unspecified atom stereocenters. The summed E-state index contributed by atoms with van der Waals surface area (Å²) >= 11 is 4.89. The summed E-state index contributed by atoms with van der Waals surface area (Å²) in [5, 5.41) is 0. The van der Waals surface area contributed by atoms with Gasteiger partial charge < -0.3 is 9.30 Å². The van der Waals surface area contributed by atoms with Gasteiger partial charge in [0.1, 0.15) is 0 Å². The number of esters is 1. The molecule has 194 valence electrons. The molecule has 1 aliphatic rings. The Morgan fingerprint density at radius 2 is 1.84 bits per heavy atom. The van der Waals surface area contributed by atoms with Crippen molar-refractivity contribution in [1.82, 2.24) is 9.13 Å². The lowest BCUT2D eigenvalue weighted by Gasteiger charge is -2.24. The van der Waals surface area contributed by atoms with Gasteiger partial charge >= 0.3 is 5.97 Å². The van der Waals surface area contributed by atoms with E-state index in [-0.39, 0.29) is 12.2 Å².